The molecule has 1 aromatic heterocycles. The number of rotatable bonds is 10. The van der Waals surface area contributed by atoms with Crippen molar-refractivity contribution in [2.24, 2.45) is 0 Å². The summed E-state index contributed by atoms with van der Waals surface area (Å²) in [6, 6.07) is 23.5. The van der Waals surface area contributed by atoms with E-state index in [2.05, 4.69) is 64.4 Å². The van der Waals surface area contributed by atoms with Gasteiger partial charge in [0.25, 0.3) is 0 Å². The summed E-state index contributed by atoms with van der Waals surface area (Å²) in [7, 11) is 0. The van der Waals surface area contributed by atoms with Gasteiger partial charge in [-0.1, -0.05) is 18.6 Å². The van der Waals surface area contributed by atoms with Crippen LogP contribution in [0.1, 0.15) is 49.7 Å². The van der Waals surface area contributed by atoms with Crippen LogP contribution in [0.25, 0.3) is 20.5 Å². The van der Waals surface area contributed by atoms with Gasteiger partial charge in [0.15, 0.2) is 0 Å². The summed E-state index contributed by atoms with van der Waals surface area (Å²) >= 11 is 1.75. The molecule has 3 aromatic carbocycles. The van der Waals surface area contributed by atoms with Crippen molar-refractivity contribution in [1.82, 2.24) is 9.80 Å². The second kappa shape index (κ2) is 13.9. The van der Waals surface area contributed by atoms with E-state index in [1.165, 1.54) is 72.1 Å². The monoisotopic (exact) mass is 612 g/mol. The van der Waals surface area contributed by atoms with Crippen molar-refractivity contribution in [2.45, 2.75) is 57.1 Å². The van der Waals surface area contributed by atoms with Gasteiger partial charge >= 0.3 is 0 Å². The van der Waals surface area contributed by atoms with E-state index in [1.54, 1.807) is 17.4 Å². The molecule has 3 fully saturated rings. The smallest absolute Gasteiger partial charge is 0.119 e. The maximum atomic E-state index is 10.2. The SMILES string of the molecule is Oc1ccc2c(Cc3ccc(O[C@@H]4CCCC[C@H]4N4CCOCC4)cc3)c(-c3ccc(OCCN4CCCC4)cc3)sc2c1. The largest absolute Gasteiger partial charge is 0.508 e. The van der Waals surface area contributed by atoms with Crippen LogP contribution in [0.4, 0.5) is 0 Å². The molecule has 6 nitrogen and oxygen atoms in total. The standard InChI is InChI=1S/C37H44N2O4S/c40-29-11-16-32-33(37(44-36(32)26-29)28-9-14-30(15-10-28)42-24-19-38-17-3-4-18-38)25-27-7-12-31(13-8-27)43-35-6-2-1-5-34(35)39-20-22-41-23-21-39/h7-16,26,34-35,40H,1-6,17-25H2/t34-,35-/m1/s1. The number of phenols is 1. The second-order valence-corrected chi connectivity index (χ2v) is 13.5. The molecular weight excluding hydrogens is 568 g/mol. The van der Waals surface area contributed by atoms with Gasteiger partial charge in [0, 0.05) is 35.3 Å². The van der Waals surface area contributed by atoms with Crippen LogP contribution < -0.4 is 9.47 Å². The summed E-state index contributed by atoms with van der Waals surface area (Å²) in [6.45, 7) is 7.77. The van der Waals surface area contributed by atoms with Crippen LogP contribution >= 0.6 is 11.3 Å². The molecule has 3 aliphatic rings. The number of phenolic OH excluding ortho intramolecular Hbond substituents is 1. The number of thiophene rings is 1. The van der Waals surface area contributed by atoms with Crippen LogP contribution in [0, 0.1) is 0 Å². The van der Waals surface area contributed by atoms with Gasteiger partial charge in [-0.15, -0.1) is 11.3 Å². The van der Waals surface area contributed by atoms with Gasteiger partial charge in [-0.25, -0.2) is 0 Å². The Morgan fingerprint density at radius 2 is 1.57 bits per heavy atom. The first-order chi connectivity index (χ1) is 21.7. The lowest BCUT2D eigenvalue weighted by atomic mass is 9.91. The predicted octanol–water partition coefficient (Wildman–Crippen LogP) is 7.36. The van der Waals surface area contributed by atoms with Crippen LogP contribution in [0.2, 0.25) is 0 Å². The highest BCUT2D eigenvalue weighted by molar-refractivity contribution is 7.22. The molecular formula is C37H44N2O4S. The van der Waals surface area contributed by atoms with E-state index in [9.17, 15) is 5.11 Å². The zero-order valence-electron chi connectivity index (χ0n) is 25.6. The molecule has 2 saturated heterocycles. The van der Waals surface area contributed by atoms with Crippen molar-refractivity contribution in [3.63, 3.8) is 0 Å². The zero-order valence-corrected chi connectivity index (χ0v) is 26.4. The number of hydrogen-bond acceptors (Lipinski definition) is 7. The number of benzene rings is 3. The highest BCUT2D eigenvalue weighted by atomic mass is 32.1. The van der Waals surface area contributed by atoms with Crippen LogP contribution in [0.5, 0.6) is 17.2 Å². The molecule has 7 heteroatoms. The van der Waals surface area contributed by atoms with E-state index in [-0.39, 0.29) is 6.10 Å². The number of aromatic hydroxyl groups is 1. The quantitative estimate of drug-likeness (QED) is 0.202. The van der Waals surface area contributed by atoms with Crippen molar-refractivity contribution in [3.8, 4) is 27.7 Å². The predicted molar refractivity (Wildman–Crippen MR) is 178 cm³/mol. The van der Waals surface area contributed by atoms with Crippen molar-refractivity contribution in [2.75, 3.05) is 52.5 Å². The van der Waals surface area contributed by atoms with Crippen LogP contribution in [0.3, 0.4) is 0 Å². The summed E-state index contributed by atoms with van der Waals surface area (Å²) in [6.07, 6.45) is 8.49. The van der Waals surface area contributed by atoms with Crippen LogP contribution in [0.15, 0.2) is 66.7 Å². The third-order valence-corrected chi connectivity index (χ3v) is 10.8. The first-order valence-corrected chi connectivity index (χ1v) is 17.3. The fourth-order valence-corrected chi connectivity index (χ4v) is 8.42. The Balaban J connectivity index is 1.06. The normalized spacial score (nSPS) is 21.5. The summed E-state index contributed by atoms with van der Waals surface area (Å²) in [4.78, 5) is 6.30. The van der Waals surface area contributed by atoms with Gasteiger partial charge in [0.1, 0.15) is 30.0 Å². The third-order valence-electron chi connectivity index (χ3n) is 9.54. The fraction of sp³-hybridized carbons (Fsp3) is 0.459. The number of morpholine rings is 1. The average molecular weight is 613 g/mol. The average Bonchev–Trinajstić information content (AvgIpc) is 3.71. The Morgan fingerprint density at radius 1 is 0.818 bits per heavy atom. The summed E-state index contributed by atoms with van der Waals surface area (Å²) in [5.74, 6) is 2.18. The Labute approximate surface area is 265 Å². The molecule has 0 spiro atoms. The molecule has 4 aromatic rings. The molecule has 1 saturated carbocycles. The van der Waals surface area contributed by atoms with Gasteiger partial charge < -0.3 is 19.3 Å². The van der Waals surface area contributed by atoms with Gasteiger partial charge in [-0.2, -0.15) is 0 Å². The van der Waals surface area contributed by atoms with E-state index in [1.807, 2.05) is 6.07 Å². The molecule has 2 aliphatic heterocycles. The molecule has 2 atom stereocenters. The summed E-state index contributed by atoms with van der Waals surface area (Å²) in [5.41, 5.74) is 3.72. The number of hydrogen-bond donors (Lipinski definition) is 1. The molecule has 0 amide bonds. The van der Waals surface area contributed by atoms with Crippen molar-refractivity contribution in [3.05, 3.63) is 77.9 Å². The van der Waals surface area contributed by atoms with Gasteiger partial charge in [-0.05, 0) is 128 Å². The van der Waals surface area contributed by atoms with Crippen LogP contribution in [-0.2, 0) is 11.2 Å². The van der Waals surface area contributed by atoms with Crippen molar-refractivity contribution < 1.29 is 19.3 Å². The van der Waals surface area contributed by atoms with E-state index >= 15 is 0 Å². The minimum Gasteiger partial charge on any atom is -0.508 e. The molecule has 0 radical (unpaired) electrons. The van der Waals surface area contributed by atoms with E-state index in [0.29, 0.717) is 11.8 Å². The minimum absolute atomic E-state index is 0.236. The second-order valence-electron chi connectivity index (χ2n) is 12.5. The van der Waals surface area contributed by atoms with Gasteiger partial charge in [0.2, 0.25) is 0 Å². The molecule has 0 bridgehead atoms. The molecule has 7 rings (SSSR count). The number of fused-ring (bicyclic) bond motifs is 1. The Hall–Kier alpha value is -3.10. The maximum absolute atomic E-state index is 10.2. The van der Waals surface area contributed by atoms with E-state index < -0.39 is 0 Å². The molecule has 0 unspecified atom stereocenters. The van der Waals surface area contributed by atoms with Gasteiger partial charge in [-0.3, -0.25) is 9.80 Å². The topological polar surface area (TPSA) is 54.4 Å². The molecule has 3 heterocycles. The number of likely N-dealkylation sites (tertiary alicyclic amines) is 1. The minimum atomic E-state index is 0.236. The Bertz CT molecular complexity index is 1510. The lowest BCUT2D eigenvalue weighted by Crippen LogP contribution is -2.52. The first kappa shape index (κ1) is 29.6. The Kier molecular flexibility index (Phi) is 9.35. The highest BCUT2D eigenvalue weighted by Gasteiger charge is 2.32. The summed E-state index contributed by atoms with van der Waals surface area (Å²) in [5, 5.41) is 11.4. The van der Waals surface area contributed by atoms with Crippen LogP contribution in [-0.4, -0.2) is 79.6 Å². The van der Waals surface area contributed by atoms with E-state index in [0.717, 1.165) is 68.5 Å². The number of nitrogens with zero attached hydrogens (tertiary/aromatic N) is 2. The molecule has 1 aliphatic carbocycles. The third kappa shape index (κ3) is 6.91. The number of ether oxygens (including phenoxy) is 3. The lowest BCUT2D eigenvalue weighted by molar-refractivity contribution is -0.0281. The maximum Gasteiger partial charge on any atom is 0.119 e. The summed E-state index contributed by atoms with van der Waals surface area (Å²) < 4.78 is 19.4. The van der Waals surface area contributed by atoms with E-state index in [4.69, 9.17) is 14.2 Å². The molecule has 44 heavy (non-hydrogen) atoms. The van der Waals surface area contributed by atoms with Gasteiger partial charge in [0.05, 0.1) is 13.2 Å². The first-order valence-electron chi connectivity index (χ1n) is 16.5. The Morgan fingerprint density at radius 3 is 2.36 bits per heavy atom. The molecule has 232 valence electrons. The fourth-order valence-electron chi connectivity index (χ4n) is 7.16. The zero-order chi connectivity index (χ0) is 29.7. The van der Waals surface area contributed by atoms with Crippen molar-refractivity contribution in [1.29, 1.82) is 0 Å². The highest BCUT2D eigenvalue weighted by Crippen LogP contribution is 2.41. The van der Waals surface area contributed by atoms with Crippen molar-refractivity contribution >= 4 is 21.4 Å². The lowest BCUT2D eigenvalue weighted by Gasteiger charge is -2.41. The molecule has 1 N–H and O–H groups in total.